The van der Waals surface area contributed by atoms with Crippen molar-refractivity contribution >= 4 is 23.3 Å². The fraction of sp³-hybridized carbons (Fsp3) is 0.100. The quantitative estimate of drug-likeness (QED) is 0.518. The minimum absolute atomic E-state index is 0.164. The van der Waals surface area contributed by atoms with E-state index in [9.17, 15) is 4.79 Å². The SMILES string of the molecule is CC(c1ccc2ccccc2n1)c1ccccc1/C=C/C=O. The average Bonchev–Trinajstić information content (AvgIpc) is 2.59. The topological polar surface area (TPSA) is 30.0 Å². The number of nitrogens with zero attached hydrogens (tertiary/aromatic N) is 1. The molecule has 108 valence electrons. The van der Waals surface area contributed by atoms with E-state index >= 15 is 0 Å². The van der Waals surface area contributed by atoms with Gasteiger partial charge in [0.15, 0.2) is 0 Å². The minimum atomic E-state index is 0.164. The van der Waals surface area contributed by atoms with Crippen molar-refractivity contribution in [3.05, 3.63) is 83.6 Å². The highest BCUT2D eigenvalue weighted by Crippen LogP contribution is 2.27. The Morgan fingerprint density at radius 3 is 2.59 bits per heavy atom. The van der Waals surface area contributed by atoms with Crippen LogP contribution in [0, 0.1) is 0 Å². The molecular weight excluding hydrogens is 270 g/mol. The van der Waals surface area contributed by atoms with Crippen molar-refractivity contribution in [3.63, 3.8) is 0 Å². The van der Waals surface area contributed by atoms with Crippen molar-refractivity contribution in [2.24, 2.45) is 0 Å². The molecule has 0 amide bonds. The minimum Gasteiger partial charge on any atom is -0.299 e. The van der Waals surface area contributed by atoms with E-state index in [1.54, 1.807) is 0 Å². The summed E-state index contributed by atoms with van der Waals surface area (Å²) in [6.07, 6.45) is 4.18. The molecule has 0 bridgehead atoms. The van der Waals surface area contributed by atoms with Gasteiger partial charge in [0.1, 0.15) is 6.29 Å². The van der Waals surface area contributed by atoms with Crippen LogP contribution in [-0.4, -0.2) is 11.3 Å². The Hall–Kier alpha value is -2.74. The molecule has 0 fully saturated rings. The Morgan fingerprint density at radius 2 is 1.73 bits per heavy atom. The van der Waals surface area contributed by atoms with E-state index < -0.39 is 0 Å². The Balaban J connectivity index is 2.03. The number of pyridine rings is 1. The summed E-state index contributed by atoms with van der Waals surface area (Å²) in [5.74, 6) is 0.164. The third-order valence-electron chi connectivity index (χ3n) is 3.88. The standard InChI is InChI=1S/C20H17NO/c1-15(18-10-4-2-7-16(18)9-6-14-22)19-13-12-17-8-3-5-11-20(17)21-19/h2-15H,1H3/b9-6+. The number of aromatic nitrogens is 1. The van der Waals surface area contributed by atoms with Gasteiger partial charge in [-0.15, -0.1) is 0 Å². The molecule has 0 aliphatic carbocycles. The summed E-state index contributed by atoms with van der Waals surface area (Å²) < 4.78 is 0. The molecule has 2 aromatic carbocycles. The van der Waals surface area contributed by atoms with Gasteiger partial charge in [0.2, 0.25) is 0 Å². The summed E-state index contributed by atoms with van der Waals surface area (Å²) in [5, 5.41) is 1.15. The zero-order valence-corrected chi connectivity index (χ0v) is 12.4. The molecule has 0 spiro atoms. The second kappa shape index (κ2) is 6.35. The fourth-order valence-electron chi connectivity index (χ4n) is 2.68. The smallest absolute Gasteiger partial charge is 0.142 e. The number of carbonyl (C=O) groups is 1. The molecule has 0 saturated heterocycles. The second-order valence-corrected chi connectivity index (χ2v) is 5.27. The Labute approximate surface area is 130 Å². The van der Waals surface area contributed by atoms with E-state index in [-0.39, 0.29) is 5.92 Å². The lowest BCUT2D eigenvalue weighted by atomic mass is 9.92. The van der Waals surface area contributed by atoms with Gasteiger partial charge in [-0.05, 0) is 29.3 Å². The van der Waals surface area contributed by atoms with Crippen LogP contribution in [0.4, 0.5) is 0 Å². The van der Waals surface area contributed by atoms with Crippen molar-refractivity contribution in [1.29, 1.82) is 0 Å². The molecular formula is C20H17NO. The molecule has 0 saturated carbocycles. The Bertz CT molecular complexity index is 836. The van der Waals surface area contributed by atoms with Crippen LogP contribution in [0.15, 0.2) is 66.7 Å². The summed E-state index contributed by atoms with van der Waals surface area (Å²) in [6, 6.07) is 20.4. The van der Waals surface area contributed by atoms with Crippen molar-refractivity contribution in [2.45, 2.75) is 12.8 Å². The van der Waals surface area contributed by atoms with Crippen LogP contribution in [0.3, 0.4) is 0 Å². The molecule has 1 heterocycles. The Kier molecular flexibility index (Phi) is 4.10. The van der Waals surface area contributed by atoms with Crippen molar-refractivity contribution in [2.75, 3.05) is 0 Å². The van der Waals surface area contributed by atoms with Gasteiger partial charge in [0.25, 0.3) is 0 Å². The number of rotatable bonds is 4. The molecule has 1 atom stereocenters. The molecule has 0 radical (unpaired) electrons. The van der Waals surface area contributed by atoms with E-state index in [2.05, 4.69) is 31.2 Å². The molecule has 3 aromatic rings. The lowest BCUT2D eigenvalue weighted by molar-refractivity contribution is -0.104. The predicted octanol–water partition coefficient (Wildman–Crippen LogP) is 4.60. The summed E-state index contributed by atoms with van der Waals surface area (Å²) in [5.41, 5.74) is 4.26. The molecule has 0 aliphatic rings. The van der Waals surface area contributed by atoms with E-state index in [0.29, 0.717) is 0 Å². The fourth-order valence-corrected chi connectivity index (χ4v) is 2.68. The molecule has 1 aromatic heterocycles. The zero-order chi connectivity index (χ0) is 15.4. The first kappa shape index (κ1) is 14.2. The van der Waals surface area contributed by atoms with Gasteiger partial charge >= 0.3 is 0 Å². The highest BCUT2D eigenvalue weighted by atomic mass is 16.1. The highest BCUT2D eigenvalue weighted by molar-refractivity contribution is 5.78. The maximum Gasteiger partial charge on any atom is 0.142 e. The normalized spacial score (nSPS) is 12.6. The highest BCUT2D eigenvalue weighted by Gasteiger charge is 2.13. The molecule has 0 N–H and O–H groups in total. The van der Waals surface area contributed by atoms with Crippen LogP contribution in [0.2, 0.25) is 0 Å². The van der Waals surface area contributed by atoms with Gasteiger partial charge in [-0.3, -0.25) is 9.78 Å². The number of fused-ring (bicyclic) bond motifs is 1. The summed E-state index contributed by atoms with van der Waals surface area (Å²) in [4.78, 5) is 15.4. The maximum absolute atomic E-state index is 10.6. The number of aldehydes is 1. The number of carbonyl (C=O) groups excluding carboxylic acids is 1. The van der Waals surface area contributed by atoms with Crippen LogP contribution >= 0.6 is 0 Å². The van der Waals surface area contributed by atoms with E-state index in [1.165, 1.54) is 11.6 Å². The number of para-hydroxylation sites is 1. The van der Waals surface area contributed by atoms with Gasteiger partial charge in [-0.2, -0.15) is 0 Å². The lowest BCUT2D eigenvalue weighted by Gasteiger charge is -2.15. The first-order valence-electron chi connectivity index (χ1n) is 7.36. The molecule has 22 heavy (non-hydrogen) atoms. The molecule has 1 unspecified atom stereocenters. The van der Waals surface area contributed by atoms with Crippen molar-refractivity contribution in [1.82, 2.24) is 4.98 Å². The van der Waals surface area contributed by atoms with Gasteiger partial charge in [-0.25, -0.2) is 0 Å². The first-order chi connectivity index (χ1) is 10.8. The average molecular weight is 287 g/mol. The summed E-state index contributed by atoms with van der Waals surface area (Å²) >= 11 is 0. The van der Waals surface area contributed by atoms with E-state index in [4.69, 9.17) is 4.98 Å². The van der Waals surface area contributed by atoms with Crippen LogP contribution in [0.25, 0.3) is 17.0 Å². The number of hydrogen-bond acceptors (Lipinski definition) is 2. The van der Waals surface area contributed by atoms with Crippen LogP contribution < -0.4 is 0 Å². The van der Waals surface area contributed by atoms with E-state index in [1.807, 2.05) is 42.5 Å². The molecule has 0 aliphatic heterocycles. The van der Waals surface area contributed by atoms with Gasteiger partial charge in [-0.1, -0.05) is 61.5 Å². The van der Waals surface area contributed by atoms with E-state index in [0.717, 1.165) is 28.4 Å². The third-order valence-corrected chi connectivity index (χ3v) is 3.88. The monoisotopic (exact) mass is 287 g/mol. The zero-order valence-electron chi connectivity index (χ0n) is 12.4. The van der Waals surface area contributed by atoms with Crippen molar-refractivity contribution < 1.29 is 4.79 Å². The number of allylic oxidation sites excluding steroid dienone is 1. The van der Waals surface area contributed by atoms with Crippen LogP contribution in [0.5, 0.6) is 0 Å². The third kappa shape index (κ3) is 2.82. The van der Waals surface area contributed by atoms with Crippen LogP contribution in [0.1, 0.15) is 29.7 Å². The van der Waals surface area contributed by atoms with Crippen LogP contribution in [-0.2, 0) is 4.79 Å². The first-order valence-corrected chi connectivity index (χ1v) is 7.36. The number of hydrogen-bond donors (Lipinski definition) is 0. The molecule has 2 heteroatoms. The Morgan fingerprint density at radius 1 is 0.955 bits per heavy atom. The van der Waals surface area contributed by atoms with Gasteiger partial charge in [0, 0.05) is 17.0 Å². The largest absolute Gasteiger partial charge is 0.299 e. The number of benzene rings is 2. The molecule has 3 rings (SSSR count). The van der Waals surface area contributed by atoms with Gasteiger partial charge in [0.05, 0.1) is 5.52 Å². The predicted molar refractivity (Wildman–Crippen MR) is 90.8 cm³/mol. The van der Waals surface area contributed by atoms with Gasteiger partial charge < -0.3 is 0 Å². The second-order valence-electron chi connectivity index (χ2n) is 5.27. The van der Waals surface area contributed by atoms with Crippen molar-refractivity contribution in [3.8, 4) is 0 Å². The lowest BCUT2D eigenvalue weighted by Crippen LogP contribution is -2.01. The summed E-state index contributed by atoms with van der Waals surface area (Å²) in [7, 11) is 0. The summed E-state index contributed by atoms with van der Waals surface area (Å²) in [6.45, 7) is 2.14. The maximum atomic E-state index is 10.6. The molecule has 2 nitrogen and oxygen atoms in total.